The first-order valence-corrected chi connectivity index (χ1v) is 6.68. The molecule has 2 rings (SSSR count). The molecule has 0 aromatic heterocycles. The van der Waals surface area contributed by atoms with E-state index in [9.17, 15) is 14.9 Å². The first-order chi connectivity index (χ1) is 9.72. The highest BCUT2D eigenvalue weighted by Crippen LogP contribution is 2.43. The normalized spacial score (nSPS) is 20.6. The molecule has 1 aliphatic rings. The Morgan fingerprint density at radius 2 is 2.00 bits per heavy atom. The second-order valence-corrected chi connectivity index (χ2v) is 6.16. The summed E-state index contributed by atoms with van der Waals surface area (Å²) >= 11 is 0. The topological polar surface area (TPSA) is 67.2 Å². The molecule has 0 spiro atoms. The van der Waals surface area contributed by atoms with Gasteiger partial charge in [-0.1, -0.05) is 30.8 Å². The lowest BCUT2D eigenvalue weighted by atomic mass is 9.77. The number of nitrogens with zero attached hydrogens (tertiary/aromatic N) is 1. The molecule has 0 saturated heterocycles. The highest BCUT2D eigenvalue weighted by Gasteiger charge is 2.55. The predicted molar refractivity (Wildman–Crippen MR) is 77.5 cm³/mol. The summed E-state index contributed by atoms with van der Waals surface area (Å²) in [6.07, 6.45) is 0.128. The Morgan fingerprint density at radius 1 is 1.38 bits per heavy atom. The Hall–Kier alpha value is -2.41. The van der Waals surface area contributed by atoms with Gasteiger partial charge in [0, 0.05) is 17.6 Å². The van der Waals surface area contributed by atoms with Crippen LogP contribution < -0.4 is 0 Å². The number of nitriles is 1. The van der Waals surface area contributed by atoms with Crippen LogP contribution in [-0.4, -0.2) is 17.4 Å². The van der Waals surface area contributed by atoms with Crippen LogP contribution in [0.15, 0.2) is 36.4 Å². The summed E-state index contributed by atoms with van der Waals surface area (Å²) < 4.78 is 5.38. The van der Waals surface area contributed by atoms with Gasteiger partial charge >= 0.3 is 5.97 Å². The van der Waals surface area contributed by atoms with Crippen molar-refractivity contribution in [3.05, 3.63) is 47.5 Å². The van der Waals surface area contributed by atoms with E-state index in [0.29, 0.717) is 5.56 Å². The van der Waals surface area contributed by atoms with Gasteiger partial charge in [0.1, 0.15) is 5.60 Å². The van der Waals surface area contributed by atoms with Crippen molar-refractivity contribution in [2.45, 2.75) is 32.8 Å². The van der Waals surface area contributed by atoms with Crippen LogP contribution in [0.4, 0.5) is 0 Å². The molecule has 0 heterocycles. The summed E-state index contributed by atoms with van der Waals surface area (Å²) in [5.41, 5.74) is -1.23. The summed E-state index contributed by atoms with van der Waals surface area (Å²) in [7, 11) is 0. The second kappa shape index (κ2) is 4.85. The zero-order valence-electron chi connectivity index (χ0n) is 12.4. The predicted octanol–water partition coefficient (Wildman–Crippen LogP) is 2.83. The van der Waals surface area contributed by atoms with Crippen molar-refractivity contribution in [2.75, 3.05) is 0 Å². The van der Waals surface area contributed by atoms with E-state index in [2.05, 4.69) is 6.58 Å². The molecule has 1 aromatic rings. The van der Waals surface area contributed by atoms with Gasteiger partial charge in [-0.25, -0.2) is 0 Å². The summed E-state index contributed by atoms with van der Waals surface area (Å²) in [5, 5.41) is 9.19. The Labute approximate surface area is 124 Å². The molecule has 0 amide bonds. The van der Waals surface area contributed by atoms with Crippen LogP contribution in [0, 0.1) is 16.7 Å². The average Bonchev–Trinajstić information content (AvgIpc) is 2.71. The van der Waals surface area contributed by atoms with E-state index >= 15 is 0 Å². The average molecular weight is 283 g/mol. The van der Waals surface area contributed by atoms with Gasteiger partial charge in [0.05, 0.1) is 6.07 Å². The van der Waals surface area contributed by atoms with Gasteiger partial charge in [-0.15, -0.1) is 0 Å². The first kappa shape index (κ1) is 15.0. The highest BCUT2D eigenvalue weighted by molar-refractivity contribution is 6.18. The quantitative estimate of drug-likeness (QED) is 0.475. The lowest BCUT2D eigenvalue weighted by Gasteiger charge is -2.29. The van der Waals surface area contributed by atoms with Gasteiger partial charge in [-0.3, -0.25) is 9.59 Å². The molecule has 0 fully saturated rings. The zero-order chi connectivity index (χ0) is 15.8. The van der Waals surface area contributed by atoms with E-state index in [1.165, 1.54) is 0 Å². The molecule has 0 bridgehead atoms. The fourth-order valence-electron chi connectivity index (χ4n) is 2.48. The van der Waals surface area contributed by atoms with Gasteiger partial charge in [0.2, 0.25) is 0 Å². The number of rotatable bonds is 2. The number of hydrogen-bond donors (Lipinski definition) is 0. The van der Waals surface area contributed by atoms with Crippen molar-refractivity contribution < 1.29 is 14.3 Å². The van der Waals surface area contributed by atoms with Crippen LogP contribution in [0.25, 0.3) is 0 Å². The Balaban J connectivity index is 2.53. The SMILES string of the molecule is C=C(C#N)C1(C(=O)OC(C)(C)C)Cc2ccccc2C1=O. The Bertz CT molecular complexity index is 676. The van der Waals surface area contributed by atoms with E-state index in [4.69, 9.17) is 4.74 Å². The molecule has 108 valence electrons. The Kier molecular flexibility index (Phi) is 3.46. The van der Waals surface area contributed by atoms with Crippen molar-refractivity contribution in [2.24, 2.45) is 5.41 Å². The van der Waals surface area contributed by atoms with Gasteiger partial charge in [0.25, 0.3) is 0 Å². The third-order valence-corrected chi connectivity index (χ3v) is 3.50. The summed E-state index contributed by atoms with van der Waals surface area (Å²) in [4.78, 5) is 25.3. The number of esters is 1. The molecule has 0 saturated carbocycles. The molecule has 4 heteroatoms. The molecule has 4 nitrogen and oxygen atoms in total. The van der Waals surface area contributed by atoms with Gasteiger partial charge in [-0.05, 0) is 26.3 Å². The van der Waals surface area contributed by atoms with Crippen molar-refractivity contribution in [1.29, 1.82) is 5.26 Å². The van der Waals surface area contributed by atoms with Gasteiger partial charge < -0.3 is 4.74 Å². The number of hydrogen-bond acceptors (Lipinski definition) is 4. The van der Waals surface area contributed by atoms with E-state index < -0.39 is 22.8 Å². The molecular weight excluding hydrogens is 266 g/mol. The lowest BCUT2D eigenvalue weighted by Crippen LogP contribution is -2.43. The molecule has 0 radical (unpaired) electrons. The molecular formula is C17H17NO3. The number of carbonyl (C=O) groups is 2. The van der Waals surface area contributed by atoms with Crippen molar-refractivity contribution in [3.63, 3.8) is 0 Å². The van der Waals surface area contributed by atoms with Crippen molar-refractivity contribution in [1.82, 2.24) is 0 Å². The molecule has 0 aliphatic heterocycles. The highest BCUT2D eigenvalue weighted by atomic mass is 16.6. The van der Waals surface area contributed by atoms with Crippen LogP contribution in [0.5, 0.6) is 0 Å². The van der Waals surface area contributed by atoms with Crippen LogP contribution in [0.3, 0.4) is 0 Å². The van der Waals surface area contributed by atoms with Gasteiger partial charge in [0.15, 0.2) is 11.2 Å². The lowest BCUT2D eigenvalue weighted by molar-refractivity contribution is -0.161. The minimum Gasteiger partial charge on any atom is -0.459 e. The number of ether oxygens (including phenoxy) is 1. The molecule has 21 heavy (non-hydrogen) atoms. The number of fused-ring (bicyclic) bond motifs is 1. The molecule has 1 unspecified atom stereocenters. The van der Waals surface area contributed by atoms with Crippen LogP contribution >= 0.6 is 0 Å². The van der Waals surface area contributed by atoms with Crippen LogP contribution in [0.2, 0.25) is 0 Å². The number of carbonyl (C=O) groups excluding carboxylic acids is 2. The third kappa shape index (κ3) is 2.36. The van der Waals surface area contributed by atoms with E-state index in [0.717, 1.165) is 5.56 Å². The van der Waals surface area contributed by atoms with E-state index in [-0.39, 0.29) is 12.0 Å². The van der Waals surface area contributed by atoms with Crippen molar-refractivity contribution in [3.8, 4) is 6.07 Å². The fourth-order valence-corrected chi connectivity index (χ4v) is 2.48. The second-order valence-electron chi connectivity index (χ2n) is 6.16. The molecule has 0 N–H and O–H groups in total. The van der Waals surface area contributed by atoms with Crippen LogP contribution in [0.1, 0.15) is 36.7 Å². The minimum absolute atomic E-state index is 0.0713. The third-order valence-electron chi connectivity index (χ3n) is 3.50. The maximum Gasteiger partial charge on any atom is 0.326 e. The fraction of sp³-hybridized carbons (Fsp3) is 0.353. The number of ketones is 1. The van der Waals surface area contributed by atoms with E-state index in [1.54, 1.807) is 45.0 Å². The smallest absolute Gasteiger partial charge is 0.326 e. The minimum atomic E-state index is -1.62. The molecule has 1 aromatic carbocycles. The first-order valence-electron chi connectivity index (χ1n) is 6.68. The largest absolute Gasteiger partial charge is 0.459 e. The molecule has 1 aliphatic carbocycles. The van der Waals surface area contributed by atoms with Crippen molar-refractivity contribution >= 4 is 11.8 Å². The Morgan fingerprint density at radius 3 is 2.52 bits per heavy atom. The maximum absolute atomic E-state index is 12.7. The van der Waals surface area contributed by atoms with E-state index in [1.807, 2.05) is 6.07 Å². The standard InChI is InChI=1S/C17H17NO3/c1-11(10-18)17(15(20)21-16(2,3)4)9-12-7-5-6-8-13(12)14(17)19/h5-8H,1,9H2,2-4H3. The summed E-state index contributed by atoms with van der Waals surface area (Å²) in [6, 6.07) is 8.84. The monoisotopic (exact) mass is 283 g/mol. The van der Waals surface area contributed by atoms with Crippen LogP contribution in [-0.2, 0) is 16.0 Å². The molecule has 1 atom stereocenters. The number of benzene rings is 1. The summed E-state index contributed by atoms with van der Waals surface area (Å²) in [6.45, 7) is 8.80. The maximum atomic E-state index is 12.7. The number of Topliss-reactive ketones (excluding diaryl/α,β-unsaturated/α-hetero) is 1. The summed E-state index contributed by atoms with van der Waals surface area (Å²) in [5.74, 6) is -1.11. The zero-order valence-corrected chi connectivity index (χ0v) is 12.4. The van der Waals surface area contributed by atoms with Gasteiger partial charge in [-0.2, -0.15) is 5.26 Å².